The van der Waals surface area contributed by atoms with Crippen LogP contribution in [0.4, 0.5) is 11.5 Å². The third-order valence-electron chi connectivity index (χ3n) is 7.18. The molecule has 10 nitrogen and oxygen atoms in total. The highest BCUT2D eigenvalue weighted by atomic mass is 32.1. The third-order valence-corrected chi connectivity index (χ3v) is 7.82. The lowest BCUT2D eigenvalue weighted by Gasteiger charge is -2.23. The summed E-state index contributed by atoms with van der Waals surface area (Å²) < 4.78 is 4.55. The minimum atomic E-state index is -0.396. The number of hydrogen-bond acceptors (Lipinski definition) is 7. The van der Waals surface area contributed by atoms with Gasteiger partial charge in [-0.05, 0) is 62.0 Å². The van der Waals surface area contributed by atoms with E-state index in [4.69, 9.17) is 35.9 Å². The molecule has 5 rings (SSSR count). The average molecular weight is 519 g/mol. The predicted molar refractivity (Wildman–Crippen MR) is 143 cm³/mol. The topological polar surface area (TPSA) is 156 Å². The first-order valence-corrected chi connectivity index (χ1v) is 13.2. The summed E-state index contributed by atoms with van der Waals surface area (Å²) in [5, 5.41) is 0. The van der Waals surface area contributed by atoms with Gasteiger partial charge < -0.3 is 25.6 Å². The van der Waals surface area contributed by atoms with Crippen molar-refractivity contribution in [1.82, 2.24) is 29.1 Å². The van der Waals surface area contributed by atoms with Crippen molar-refractivity contribution in [2.45, 2.75) is 77.3 Å². The van der Waals surface area contributed by atoms with Crippen molar-refractivity contribution in [2.24, 2.45) is 11.8 Å². The summed E-state index contributed by atoms with van der Waals surface area (Å²) in [7, 11) is 0. The molecule has 0 unspecified atom stereocenters. The molecule has 12 heteroatoms. The van der Waals surface area contributed by atoms with Crippen LogP contribution in [0, 0.1) is 21.4 Å². The molecule has 0 aromatic carbocycles. The molecule has 0 spiro atoms. The molecule has 0 atom stereocenters. The number of hydrogen-bond donors (Lipinski definition) is 5. The first-order valence-electron chi connectivity index (χ1n) is 12.4. The Morgan fingerprint density at radius 1 is 0.829 bits per heavy atom. The van der Waals surface area contributed by atoms with Gasteiger partial charge in [0.2, 0.25) is 0 Å². The first-order chi connectivity index (χ1) is 16.8. The van der Waals surface area contributed by atoms with Crippen LogP contribution in [0.1, 0.15) is 64.2 Å². The quantitative estimate of drug-likeness (QED) is 0.327. The van der Waals surface area contributed by atoms with E-state index in [-0.39, 0.29) is 11.2 Å². The van der Waals surface area contributed by atoms with E-state index in [1.807, 2.05) is 4.57 Å². The van der Waals surface area contributed by atoms with E-state index < -0.39 is 5.56 Å². The smallest absolute Gasteiger partial charge is 0.277 e. The Labute approximate surface area is 213 Å². The van der Waals surface area contributed by atoms with E-state index in [2.05, 4.69) is 19.9 Å². The maximum atomic E-state index is 11.7. The highest BCUT2D eigenvalue weighted by Gasteiger charge is 2.18. The Hall–Kier alpha value is -2.73. The van der Waals surface area contributed by atoms with Gasteiger partial charge in [0, 0.05) is 13.1 Å². The van der Waals surface area contributed by atoms with Gasteiger partial charge in [0.25, 0.3) is 11.1 Å². The molecule has 3 heterocycles. The van der Waals surface area contributed by atoms with Crippen LogP contribution < -0.4 is 22.6 Å². The van der Waals surface area contributed by atoms with Gasteiger partial charge in [-0.1, -0.05) is 38.5 Å². The SMILES string of the molecule is Nc1c(N)n(CC2CCCCC2)c(=S)[nH]c1=O.O=c1[nH]c(=S)n(CC2CCCCC2)c2nc[nH]c12. The van der Waals surface area contributed by atoms with E-state index in [0.29, 0.717) is 38.4 Å². The molecule has 0 bridgehead atoms. The van der Waals surface area contributed by atoms with Gasteiger partial charge in [0.1, 0.15) is 17.0 Å². The van der Waals surface area contributed by atoms with E-state index in [1.54, 1.807) is 10.9 Å². The number of aromatic amines is 3. The van der Waals surface area contributed by atoms with Crippen LogP contribution in [0.5, 0.6) is 0 Å². The second kappa shape index (κ2) is 11.3. The molecule has 3 aromatic heterocycles. The monoisotopic (exact) mass is 518 g/mol. The van der Waals surface area contributed by atoms with Gasteiger partial charge in [0.05, 0.1) is 6.33 Å². The average Bonchev–Trinajstić information content (AvgIpc) is 3.35. The van der Waals surface area contributed by atoms with E-state index in [1.165, 1.54) is 64.2 Å². The number of nitrogens with one attached hydrogen (secondary N) is 3. The normalized spacial score (nSPS) is 17.3. The molecule has 0 aliphatic heterocycles. The summed E-state index contributed by atoms with van der Waals surface area (Å²) in [6, 6.07) is 0. The zero-order valence-electron chi connectivity index (χ0n) is 19.8. The molecule has 2 aliphatic carbocycles. The predicted octanol–water partition coefficient (Wildman–Crippen LogP) is 4.01. The standard InChI is InChI=1S/C12H16N4OS.C11H18N4OS/c17-11-9-10(14-7-13-9)16(12(18)15-11)6-8-4-2-1-3-5-8;12-8-9(13)15(11(17)14-10(8)16)6-7-4-2-1-3-5-7/h7-8H,1-6H2,(H,13,14)(H,15,17,18);7H,1-6,12-13H2,(H,14,16,17). The van der Waals surface area contributed by atoms with E-state index in [0.717, 1.165) is 13.1 Å². The summed E-state index contributed by atoms with van der Waals surface area (Å²) >= 11 is 10.4. The molecule has 7 N–H and O–H groups in total. The van der Waals surface area contributed by atoms with Crippen molar-refractivity contribution in [3.05, 3.63) is 36.6 Å². The highest BCUT2D eigenvalue weighted by Crippen LogP contribution is 2.27. The van der Waals surface area contributed by atoms with Crippen molar-refractivity contribution >= 4 is 47.1 Å². The Morgan fingerprint density at radius 3 is 1.94 bits per heavy atom. The van der Waals surface area contributed by atoms with Gasteiger partial charge >= 0.3 is 0 Å². The number of nitrogen functional groups attached to an aromatic ring is 2. The lowest BCUT2D eigenvalue weighted by molar-refractivity contribution is 0.318. The summed E-state index contributed by atoms with van der Waals surface area (Å²) in [5.41, 5.74) is 12.1. The van der Waals surface area contributed by atoms with Crippen molar-refractivity contribution < 1.29 is 0 Å². The van der Waals surface area contributed by atoms with Crippen molar-refractivity contribution in [2.75, 3.05) is 11.5 Å². The maximum absolute atomic E-state index is 11.7. The molecular weight excluding hydrogens is 484 g/mol. The van der Waals surface area contributed by atoms with Crippen LogP contribution in [-0.4, -0.2) is 29.1 Å². The number of nitrogens with zero attached hydrogens (tertiary/aromatic N) is 3. The van der Waals surface area contributed by atoms with Crippen LogP contribution in [0.3, 0.4) is 0 Å². The van der Waals surface area contributed by atoms with E-state index >= 15 is 0 Å². The zero-order valence-corrected chi connectivity index (χ0v) is 21.5. The number of nitrogens with two attached hydrogens (primary N) is 2. The fraction of sp³-hybridized carbons (Fsp3) is 0.609. The van der Waals surface area contributed by atoms with Gasteiger partial charge in [-0.15, -0.1) is 0 Å². The number of imidazole rings is 1. The molecule has 35 heavy (non-hydrogen) atoms. The van der Waals surface area contributed by atoms with Gasteiger partial charge in [-0.2, -0.15) is 0 Å². The fourth-order valence-electron chi connectivity index (χ4n) is 5.19. The summed E-state index contributed by atoms with van der Waals surface area (Å²) in [4.78, 5) is 35.4. The van der Waals surface area contributed by atoms with Crippen LogP contribution >= 0.6 is 24.4 Å². The van der Waals surface area contributed by atoms with E-state index in [9.17, 15) is 9.59 Å². The van der Waals surface area contributed by atoms with Crippen molar-refractivity contribution in [3.8, 4) is 0 Å². The molecule has 0 amide bonds. The van der Waals surface area contributed by atoms with Crippen LogP contribution in [0.2, 0.25) is 0 Å². The van der Waals surface area contributed by atoms with Gasteiger partial charge in [-0.3, -0.25) is 19.6 Å². The molecule has 3 aromatic rings. The highest BCUT2D eigenvalue weighted by molar-refractivity contribution is 7.71. The lowest BCUT2D eigenvalue weighted by atomic mass is 9.89. The Balaban J connectivity index is 0.000000165. The molecule has 0 radical (unpaired) electrons. The molecule has 0 saturated heterocycles. The zero-order chi connectivity index (χ0) is 24.9. The summed E-state index contributed by atoms with van der Waals surface area (Å²) in [5.74, 6) is 1.53. The van der Waals surface area contributed by atoms with Gasteiger partial charge in [-0.25, -0.2) is 4.98 Å². The Morgan fingerprint density at radius 2 is 1.34 bits per heavy atom. The summed E-state index contributed by atoms with van der Waals surface area (Å²) in [6.45, 7) is 1.61. The number of anilines is 2. The minimum absolute atomic E-state index is 0.0643. The first kappa shape index (κ1) is 25.4. The molecule has 190 valence electrons. The van der Waals surface area contributed by atoms with Crippen LogP contribution in [-0.2, 0) is 13.1 Å². The Bertz CT molecular complexity index is 1390. The lowest BCUT2D eigenvalue weighted by Crippen LogP contribution is -2.24. The molecule has 2 fully saturated rings. The van der Waals surface area contributed by atoms with Crippen molar-refractivity contribution in [3.63, 3.8) is 0 Å². The van der Waals surface area contributed by atoms with Gasteiger partial charge in [0.15, 0.2) is 15.2 Å². The minimum Gasteiger partial charge on any atom is -0.391 e. The fourth-order valence-corrected chi connectivity index (χ4v) is 5.71. The number of rotatable bonds is 4. The molecular formula is C23H34N8O2S2. The number of H-pyrrole nitrogens is 3. The van der Waals surface area contributed by atoms with Crippen LogP contribution in [0.15, 0.2) is 15.9 Å². The number of fused-ring (bicyclic) bond motifs is 1. The second-order valence-corrected chi connectivity index (χ2v) is 10.4. The second-order valence-electron chi connectivity index (χ2n) is 9.65. The molecule has 2 saturated carbocycles. The third kappa shape index (κ3) is 5.92. The summed E-state index contributed by atoms with van der Waals surface area (Å²) in [6.07, 6.45) is 14.2. The molecule has 2 aliphatic rings. The largest absolute Gasteiger partial charge is 0.391 e. The van der Waals surface area contributed by atoms with Crippen molar-refractivity contribution in [1.29, 1.82) is 0 Å². The maximum Gasteiger partial charge on any atom is 0.277 e. The number of aromatic nitrogens is 6. The Kier molecular flexibility index (Phi) is 8.22. The van der Waals surface area contributed by atoms with Crippen LogP contribution in [0.25, 0.3) is 11.2 Å².